The third-order valence-electron chi connectivity index (χ3n) is 5.54. The van der Waals surface area contributed by atoms with Gasteiger partial charge in [0.25, 0.3) is 0 Å². The zero-order valence-electron chi connectivity index (χ0n) is 13.7. The summed E-state index contributed by atoms with van der Waals surface area (Å²) >= 11 is 0. The van der Waals surface area contributed by atoms with E-state index in [1.165, 1.54) is 62.4 Å². The normalized spacial score (nSPS) is 26.7. The molecule has 3 nitrogen and oxygen atoms in total. The molecule has 1 aliphatic carbocycles. The number of hydrogen-bond acceptors (Lipinski definition) is 3. The Morgan fingerprint density at radius 3 is 2.48 bits per heavy atom. The van der Waals surface area contributed by atoms with Gasteiger partial charge in [0.1, 0.15) is 0 Å². The van der Waals surface area contributed by atoms with Gasteiger partial charge in [-0.2, -0.15) is 0 Å². The lowest BCUT2D eigenvalue weighted by molar-refractivity contribution is 0.0582. The Kier molecular flexibility index (Phi) is 4.51. The Morgan fingerprint density at radius 2 is 1.86 bits per heavy atom. The average Bonchev–Trinajstić information content (AvgIpc) is 2.47. The molecule has 0 amide bonds. The van der Waals surface area contributed by atoms with Crippen LogP contribution in [0.15, 0.2) is 18.2 Å². The minimum Gasteiger partial charge on any atom is -0.369 e. The number of nitrogens with one attached hydrogen (secondary N) is 1. The molecule has 3 heteroatoms. The number of aryl methyl sites for hydroxylation is 1. The molecule has 0 radical (unpaired) electrons. The molecule has 2 unspecified atom stereocenters. The molecule has 1 saturated carbocycles. The van der Waals surface area contributed by atoms with Crippen molar-refractivity contribution in [3.8, 4) is 0 Å². The number of rotatable bonds is 4. The van der Waals surface area contributed by atoms with Crippen molar-refractivity contribution in [3.63, 3.8) is 0 Å². The van der Waals surface area contributed by atoms with E-state index in [4.69, 9.17) is 0 Å². The van der Waals surface area contributed by atoms with Gasteiger partial charge >= 0.3 is 0 Å². The topological polar surface area (TPSA) is 18.5 Å². The van der Waals surface area contributed by atoms with E-state index in [1.54, 1.807) is 0 Å². The summed E-state index contributed by atoms with van der Waals surface area (Å²) in [5.41, 5.74) is 4.29. The summed E-state index contributed by atoms with van der Waals surface area (Å²) in [4.78, 5) is 5.30. The van der Waals surface area contributed by atoms with Crippen molar-refractivity contribution in [1.29, 1.82) is 0 Å². The summed E-state index contributed by atoms with van der Waals surface area (Å²) in [6.45, 7) is 10.4. The Balaban J connectivity index is 1.59. The maximum Gasteiger partial charge on any atom is 0.0399 e. The smallest absolute Gasteiger partial charge is 0.0399 e. The highest BCUT2D eigenvalue weighted by Gasteiger charge is 2.36. The van der Waals surface area contributed by atoms with Crippen LogP contribution in [0.25, 0.3) is 0 Å². The summed E-state index contributed by atoms with van der Waals surface area (Å²) < 4.78 is 0. The van der Waals surface area contributed by atoms with Gasteiger partial charge in [-0.05, 0) is 63.4 Å². The van der Waals surface area contributed by atoms with Crippen LogP contribution in [-0.2, 0) is 0 Å². The lowest BCUT2D eigenvalue weighted by Crippen LogP contribution is -2.57. The van der Waals surface area contributed by atoms with Crippen molar-refractivity contribution in [2.45, 2.75) is 32.7 Å². The fraction of sp³-hybridized carbons (Fsp3) is 0.667. The molecular weight excluding hydrogens is 258 g/mol. The van der Waals surface area contributed by atoms with E-state index in [0.29, 0.717) is 0 Å². The highest BCUT2D eigenvalue weighted by Crippen LogP contribution is 2.33. The minimum atomic E-state index is 0.832. The number of benzene rings is 1. The maximum atomic E-state index is 3.35. The molecule has 0 bridgehead atoms. The predicted octanol–water partition coefficient (Wildman–Crippen LogP) is 2.42. The predicted molar refractivity (Wildman–Crippen MR) is 90.1 cm³/mol. The van der Waals surface area contributed by atoms with Gasteiger partial charge in [0.15, 0.2) is 0 Å². The molecule has 3 rings (SSSR count). The van der Waals surface area contributed by atoms with E-state index in [-0.39, 0.29) is 0 Å². The third-order valence-corrected chi connectivity index (χ3v) is 5.54. The highest BCUT2D eigenvalue weighted by atomic mass is 15.3. The van der Waals surface area contributed by atoms with Gasteiger partial charge in [-0.1, -0.05) is 12.1 Å². The molecule has 0 spiro atoms. The van der Waals surface area contributed by atoms with Gasteiger partial charge in [0.2, 0.25) is 0 Å². The van der Waals surface area contributed by atoms with E-state index in [1.807, 2.05) is 0 Å². The molecule has 2 fully saturated rings. The van der Waals surface area contributed by atoms with Crippen molar-refractivity contribution in [2.75, 3.05) is 44.7 Å². The first-order chi connectivity index (χ1) is 10.2. The van der Waals surface area contributed by atoms with E-state index < -0.39 is 0 Å². The van der Waals surface area contributed by atoms with Crippen LogP contribution < -0.4 is 10.2 Å². The highest BCUT2D eigenvalue weighted by molar-refractivity contribution is 5.56. The van der Waals surface area contributed by atoms with E-state index in [2.05, 4.69) is 54.2 Å². The van der Waals surface area contributed by atoms with Crippen LogP contribution in [-0.4, -0.2) is 50.7 Å². The summed E-state index contributed by atoms with van der Waals surface area (Å²) in [5, 5.41) is 3.35. The summed E-state index contributed by atoms with van der Waals surface area (Å²) in [5.74, 6) is 0.877. The fourth-order valence-corrected chi connectivity index (χ4v) is 3.91. The maximum absolute atomic E-state index is 3.35. The molecule has 0 aromatic heterocycles. The van der Waals surface area contributed by atoms with Crippen molar-refractivity contribution < 1.29 is 0 Å². The van der Waals surface area contributed by atoms with Gasteiger partial charge in [0, 0.05) is 37.9 Å². The minimum absolute atomic E-state index is 0.832. The first-order valence-electron chi connectivity index (χ1n) is 8.40. The SMILES string of the molecule is CNCC1CCC1N1CCN(c2cccc(C)c2C)CC1. The average molecular weight is 287 g/mol. The molecule has 1 saturated heterocycles. The Hall–Kier alpha value is -1.06. The van der Waals surface area contributed by atoms with Crippen LogP contribution in [0.5, 0.6) is 0 Å². The second-order valence-electron chi connectivity index (χ2n) is 6.70. The van der Waals surface area contributed by atoms with Crippen LogP contribution in [0.1, 0.15) is 24.0 Å². The molecule has 1 aromatic carbocycles. The Morgan fingerprint density at radius 1 is 1.10 bits per heavy atom. The van der Waals surface area contributed by atoms with Gasteiger partial charge < -0.3 is 10.2 Å². The summed E-state index contributed by atoms with van der Waals surface area (Å²) in [7, 11) is 2.08. The third kappa shape index (κ3) is 2.95. The van der Waals surface area contributed by atoms with Crippen LogP contribution in [0.2, 0.25) is 0 Å². The quantitative estimate of drug-likeness (QED) is 0.917. The number of hydrogen-bond donors (Lipinski definition) is 1. The zero-order valence-corrected chi connectivity index (χ0v) is 13.7. The van der Waals surface area contributed by atoms with Gasteiger partial charge in [0.05, 0.1) is 0 Å². The summed E-state index contributed by atoms with van der Waals surface area (Å²) in [6, 6.07) is 7.52. The lowest BCUT2D eigenvalue weighted by Gasteiger charge is -2.48. The molecule has 2 aliphatic rings. The first kappa shape index (κ1) is 14.9. The molecule has 1 aromatic rings. The van der Waals surface area contributed by atoms with E-state index in [0.717, 1.165) is 12.0 Å². The monoisotopic (exact) mass is 287 g/mol. The summed E-state index contributed by atoms with van der Waals surface area (Å²) in [6.07, 6.45) is 2.80. The molecule has 21 heavy (non-hydrogen) atoms. The molecule has 2 atom stereocenters. The van der Waals surface area contributed by atoms with Crippen LogP contribution in [0, 0.1) is 19.8 Å². The van der Waals surface area contributed by atoms with Gasteiger partial charge in [-0.3, -0.25) is 4.90 Å². The molecular formula is C18H29N3. The Bertz CT molecular complexity index is 477. The fourth-order valence-electron chi connectivity index (χ4n) is 3.91. The number of anilines is 1. The number of piperazine rings is 1. The zero-order chi connectivity index (χ0) is 14.8. The van der Waals surface area contributed by atoms with Crippen LogP contribution in [0.3, 0.4) is 0 Å². The molecule has 116 valence electrons. The van der Waals surface area contributed by atoms with Crippen molar-refractivity contribution in [2.24, 2.45) is 5.92 Å². The molecule has 1 heterocycles. The van der Waals surface area contributed by atoms with Gasteiger partial charge in [-0.15, -0.1) is 0 Å². The first-order valence-corrected chi connectivity index (χ1v) is 8.40. The van der Waals surface area contributed by atoms with Gasteiger partial charge in [-0.25, -0.2) is 0 Å². The lowest BCUT2D eigenvalue weighted by atomic mass is 9.78. The Labute approximate surface area is 129 Å². The van der Waals surface area contributed by atoms with Crippen LogP contribution in [0.4, 0.5) is 5.69 Å². The van der Waals surface area contributed by atoms with Crippen molar-refractivity contribution >= 4 is 5.69 Å². The van der Waals surface area contributed by atoms with Crippen molar-refractivity contribution in [3.05, 3.63) is 29.3 Å². The number of nitrogens with zero attached hydrogens (tertiary/aromatic N) is 2. The molecule has 1 N–H and O–H groups in total. The second-order valence-corrected chi connectivity index (χ2v) is 6.70. The van der Waals surface area contributed by atoms with E-state index in [9.17, 15) is 0 Å². The molecule has 1 aliphatic heterocycles. The van der Waals surface area contributed by atoms with Crippen molar-refractivity contribution in [1.82, 2.24) is 10.2 Å². The van der Waals surface area contributed by atoms with Crippen LogP contribution >= 0.6 is 0 Å². The second kappa shape index (κ2) is 6.37. The largest absolute Gasteiger partial charge is 0.369 e. The van der Waals surface area contributed by atoms with E-state index >= 15 is 0 Å². The standard InChI is InChI=1S/C18H29N3/c1-14-5-4-6-17(15(14)2)20-9-11-21(12-10-20)18-8-7-16(18)13-19-3/h4-6,16,18-19H,7-13H2,1-3H3.